The van der Waals surface area contributed by atoms with E-state index in [1.165, 1.54) is 6.07 Å². The molecule has 0 atom stereocenters. The fraction of sp³-hybridized carbons (Fsp3) is 0.250. The molecule has 3 aromatic rings. The quantitative estimate of drug-likeness (QED) is 0.671. The van der Waals surface area contributed by atoms with Gasteiger partial charge < -0.3 is 18.6 Å². The van der Waals surface area contributed by atoms with E-state index in [4.69, 9.17) is 18.6 Å². The summed E-state index contributed by atoms with van der Waals surface area (Å²) < 4.78 is 22.3. The second kappa shape index (κ2) is 7.30. The summed E-state index contributed by atoms with van der Waals surface area (Å²) in [5.74, 6) is 2.41. The summed E-state index contributed by atoms with van der Waals surface area (Å²) in [7, 11) is 1.56. The van der Waals surface area contributed by atoms with E-state index in [2.05, 4.69) is 0 Å². The van der Waals surface area contributed by atoms with Crippen molar-refractivity contribution in [1.82, 2.24) is 0 Å². The van der Waals surface area contributed by atoms with Crippen LogP contribution in [0, 0.1) is 0 Å². The number of hydrogen-bond acceptors (Lipinski definition) is 5. The predicted molar refractivity (Wildman–Crippen MR) is 96.8 cm³/mol. The van der Waals surface area contributed by atoms with Gasteiger partial charge in [-0.05, 0) is 44.2 Å². The highest BCUT2D eigenvalue weighted by Crippen LogP contribution is 2.31. The van der Waals surface area contributed by atoms with Gasteiger partial charge in [0.25, 0.3) is 0 Å². The lowest BCUT2D eigenvalue weighted by Crippen LogP contribution is -2.01. The second-order valence-electron chi connectivity index (χ2n) is 5.40. The summed E-state index contributed by atoms with van der Waals surface area (Å²) in [6, 6.07) is 12.1. The fourth-order valence-corrected chi connectivity index (χ4v) is 2.62. The van der Waals surface area contributed by atoms with E-state index in [0.29, 0.717) is 47.2 Å². The molecule has 0 radical (unpaired) electrons. The van der Waals surface area contributed by atoms with Gasteiger partial charge in [0, 0.05) is 17.7 Å². The smallest absolute Gasteiger partial charge is 0.193 e. The minimum Gasteiger partial charge on any atom is -0.497 e. The van der Waals surface area contributed by atoms with Crippen molar-refractivity contribution in [2.75, 3.05) is 20.3 Å². The van der Waals surface area contributed by atoms with Crippen LogP contribution in [0.25, 0.3) is 22.3 Å². The number of hydrogen-bond donors (Lipinski definition) is 0. The zero-order valence-electron chi connectivity index (χ0n) is 14.5. The lowest BCUT2D eigenvalue weighted by atomic mass is 10.1. The van der Waals surface area contributed by atoms with Gasteiger partial charge in [0.2, 0.25) is 0 Å². The molecule has 25 heavy (non-hydrogen) atoms. The van der Waals surface area contributed by atoms with Gasteiger partial charge >= 0.3 is 0 Å². The molecule has 1 heterocycles. The highest BCUT2D eigenvalue weighted by Gasteiger charge is 2.11. The molecule has 0 amide bonds. The Morgan fingerprint density at radius 1 is 0.880 bits per heavy atom. The third-order valence-corrected chi connectivity index (χ3v) is 3.72. The Labute approximate surface area is 145 Å². The fourth-order valence-electron chi connectivity index (χ4n) is 2.62. The molecule has 3 rings (SSSR count). The van der Waals surface area contributed by atoms with Crippen molar-refractivity contribution >= 4 is 11.0 Å². The van der Waals surface area contributed by atoms with E-state index in [1.807, 2.05) is 32.0 Å². The van der Waals surface area contributed by atoms with Crippen LogP contribution in [0.1, 0.15) is 13.8 Å². The largest absolute Gasteiger partial charge is 0.497 e. The van der Waals surface area contributed by atoms with Crippen LogP contribution in [0.4, 0.5) is 0 Å². The zero-order chi connectivity index (χ0) is 17.8. The third kappa shape index (κ3) is 3.60. The lowest BCUT2D eigenvalue weighted by Gasteiger charge is -2.11. The highest BCUT2D eigenvalue weighted by molar-refractivity contribution is 5.80. The molecule has 0 unspecified atom stereocenters. The minimum atomic E-state index is -0.130. The molecule has 0 fully saturated rings. The van der Waals surface area contributed by atoms with Crippen molar-refractivity contribution in [1.29, 1.82) is 0 Å². The van der Waals surface area contributed by atoms with Gasteiger partial charge in [-0.3, -0.25) is 4.79 Å². The first-order chi connectivity index (χ1) is 12.1. The molecule has 0 bridgehead atoms. The third-order valence-electron chi connectivity index (χ3n) is 3.72. The van der Waals surface area contributed by atoms with Crippen molar-refractivity contribution < 1.29 is 18.6 Å². The number of benzene rings is 2. The minimum absolute atomic E-state index is 0.130. The second-order valence-corrected chi connectivity index (χ2v) is 5.40. The molecule has 0 aliphatic carbocycles. The predicted octanol–water partition coefficient (Wildman–Crippen LogP) is 4.27. The number of ether oxygens (including phenoxy) is 3. The molecular formula is C20H20O5. The van der Waals surface area contributed by atoms with Gasteiger partial charge in [0.1, 0.15) is 28.6 Å². The highest BCUT2D eigenvalue weighted by atomic mass is 16.5. The number of fused-ring (bicyclic) bond motifs is 1. The summed E-state index contributed by atoms with van der Waals surface area (Å²) in [5.41, 5.74) is 1.10. The monoisotopic (exact) mass is 340 g/mol. The molecule has 130 valence electrons. The molecule has 0 saturated heterocycles. The van der Waals surface area contributed by atoms with E-state index in [-0.39, 0.29) is 5.43 Å². The van der Waals surface area contributed by atoms with Crippen LogP contribution in [-0.2, 0) is 0 Å². The average Bonchev–Trinajstić information content (AvgIpc) is 2.62. The summed E-state index contributed by atoms with van der Waals surface area (Å²) in [5, 5.41) is 0.481. The van der Waals surface area contributed by atoms with E-state index in [1.54, 1.807) is 25.3 Å². The van der Waals surface area contributed by atoms with Crippen molar-refractivity contribution in [3.8, 4) is 28.6 Å². The van der Waals surface area contributed by atoms with Gasteiger partial charge in [-0.2, -0.15) is 0 Å². The first kappa shape index (κ1) is 16.9. The summed E-state index contributed by atoms with van der Waals surface area (Å²) >= 11 is 0. The van der Waals surface area contributed by atoms with E-state index in [9.17, 15) is 4.79 Å². The Kier molecular flexibility index (Phi) is 4.93. The standard InChI is InChI=1S/C20H20O5/c1-4-23-15-8-13(9-16(10-15)24-5-2)20-12-18(21)17-11-14(22-3)6-7-19(17)25-20/h6-12H,4-5H2,1-3H3. The Morgan fingerprint density at radius 3 is 2.16 bits per heavy atom. The molecule has 0 aliphatic rings. The van der Waals surface area contributed by atoms with Gasteiger partial charge in [-0.1, -0.05) is 0 Å². The summed E-state index contributed by atoms with van der Waals surface area (Å²) in [6.45, 7) is 4.90. The SMILES string of the molecule is CCOc1cc(OCC)cc(-c2cc(=O)c3cc(OC)ccc3o2)c1. The normalized spacial score (nSPS) is 10.7. The van der Waals surface area contributed by atoms with Crippen molar-refractivity contribution in [2.24, 2.45) is 0 Å². The van der Waals surface area contributed by atoms with E-state index in [0.717, 1.165) is 5.56 Å². The van der Waals surface area contributed by atoms with Crippen LogP contribution in [0.3, 0.4) is 0 Å². The van der Waals surface area contributed by atoms with Crippen molar-refractivity contribution in [3.63, 3.8) is 0 Å². The number of rotatable bonds is 6. The van der Waals surface area contributed by atoms with Gasteiger partial charge in [-0.25, -0.2) is 0 Å². The Balaban J connectivity index is 2.13. The Morgan fingerprint density at radius 2 is 1.56 bits per heavy atom. The van der Waals surface area contributed by atoms with Crippen molar-refractivity contribution in [3.05, 3.63) is 52.7 Å². The van der Waals surface area contributed by atoms with Gasteiger partial charge in [-0.15, -0.1) is 0 Å². The van der Waals surface area contributed by atoms with Gasteiger partial charge in [0.15, 0.2) is 5.43 Å². The Bertz CT molecular complexity index is 918. The molecule has 0 aliphatic heterocycles. The summed E-state index contributed by atoms with van der Waals surface area (Å²) in [6.07, 6.45) is 0. The zero-order valence-corrected chi connectivity index (χ0v) is 14.5. The van der Waals surface area contributed by atoms with Crippen LogP contribution >= 0.6 is 0 Å². The van der Waals surface area contributed by atoms with E-state index < -0.39 is 0 Å². The van der Waals surface area contributed by atoms with E-state index >= 15 is 0 Å². The molecule has 5 nitrogen and oxygen atoms in total. The van der Waals surface area contributed by atoms with Gasteiger partial charge in [0.05, 0.1) is 25.7 Å². The maximum Gasteiger partial charge on any atom is 0.193 e. The van der Waals surface area contributed by atoms with Crippen LogP contribution < -0.4 is 19.6 Å². The maximum atomic E-state index is 12.5. The molecule has 5 heteroatoms. The molecule has 0 saturated carbocycles. The molecule has 2 aromatic carbocycles. The van der Waals surface area contributed by atoms with Crippen LogP contribution in [0.5, 0.6) is 17.2 Å². The van der Waals surface area contributed by atoms with Crippen molar-refractivity contribution in [2.45, 2.75) is 13.8 Å². The molecule has 0 spiro atoms. The van der Waals surface area contributed by atoms with Crippen LogP contribution in [0.15, 0.2) is 51.7 Å². The Hall–Kier alpha value is -2.95. The van der Waals surface area contributed by atoms with Crippen LogP contribution in [0.2, 0.25) is 0 Å². The first-order valence-electron chi connectivity index (χ1n) is 8.17. The summed E-state index contributed by atoms with van der Waals surface area (Å²) in [4.78, 5) is 12.5. The first-order valence-corrected chi connectivity index (χ1v) is 8.17. The average molecular weight is 340 g/mol. The topological polar surface area (TPSA) is 57.9 Å². The van der Waals surface area contributed by atoms with Crippen LogP contribution in [-0.4, -0.2) is 20.3 Å². The molecule has 1 aromatic heterocycles. The molecule has 0 N–H and O–H groups in total. The molecular weight excluding hydrogens is 320 g/mol. The lowest BCUT2D eigenvalue weighted by molar-refractivity contribution is 0.323. The maximum absolute atomic E-state index is 12.5. The number of methoxy groups -OCH3 is 1.